The number of aromatic nitrogens is 2. The summed E-state index contributed by atoms with van der Waals surface area (Å²) in [5, 5.41) is 7.18. The average molecular weight is 377 g/mol. The normalized spacial score (nSPS) is 21.3. The molecule has 0 spiro atoms. The van der Waals surface area contributed by atoms with Crippen LogP contribution in [0, 0.1) is 0 Å². The fourth-order valence-electron chi connectivity index (χ4n) is 4.17. The van der Waals surface area contributed by atoms with Gasteiger partial charge in [0.05, 0.1) is 30.0 Å². The SMILES string of the molecule is CCN(CC)C(=O)c1cn[nH]c1C1CCN(C(=O)CC2CCCCO2)CC1. The maximum absolute atomic E-state index is 12.7. The Morgan fingerprint density at radius 1 is 1.22 bits per heavy atom. The first-order chi connectivity index (χ1) is 13.1. The lowest BCUT2D eigenvalue weighted by molar-refractivity contribution is -0.136. The Morgan fingerprint density at radius 2 is 1.96 bits per heavy atom. The molecule has 2 aliphatic heterocycles. The first-order valence-electron chi connectivity index (χ1n) is 10.4. The van der Waals surface area contributed by atoms with E-state index in [1.54, 1.807) is 6.20 Å². The van der Waals surface area contributed by atoms with E-state index in [4.69, 9.17) is 4.74 Å². The molecule has 1 unspecified atom stereocenters. The maximum Gasteiger partial charge on any atom is 0.257 e. The Labute approximate surface area is 161 Å². The third kappa shape index (κ3) is 4.69. The van der Waals surface area contributed by atoms with Crippen molar-refractivity contribution in [3.63, 3.8) is 0 Å². The zero-order valence-corrected chi connectivity index (χ0v) is 16.6. The Kier molecular flexibility index (Phi) is 6.88. The molecule has 1 N–H and O–H groups in total. The van der Waals surface area contributed by atoms with E-state index in [0.29, 0.717) is 25.1 Å². The summed E-state index contributed by atoms with van der Waals surface area (Å²) in [6.45, 7) is 7.60. The van der Waals surface area contributed by atoms with Crippen molar-refractivity contribution in [3.05, 3.63) is 17.5 Å². The van der Waals surface area contributed by atoms with Crippen LogP contribution in [0.4, 0.5) is 0 Å². The number of H-pyrrole nitrogens is 1. The van der Waals surface area contributed by atoms with Gasteiger partial charge in [-0.2, -0.15) is 5.10 Å². The molecule has 1 aromatic rings. The Hall–Kier alpha value is -1.89. The fraction of sp³-hybridized carbons (Fsp3) is 0.750. The quantitative estimate of drug-likeness (QED) is 0.828. The zero-order valence-electron chi connectivity index (χ0n) is 16.6. The molecular weight excluding hydrogens is 344 g/mol. The van der Waals surface area contributed by atoms with Crippen LogP contribution >= 0.6 is 0 Å². The highest BCUT2D eigenvalue weighted by molar-refractivity contribution is 5.95. The second-order valence-electron chi connectivity index (χ2n) is 7.52. The summed E-state index contributed by atoms with van der Waals surface area (Å²) in [6.07, 6.45) is 7.21. The van der Waals surface area contributed by atoms with Gasteiger partial charge in [-0.3, -0.25) is 14.7 Å². The van der Waals surface area contributed by atoms with Crippen molar-refractivity contribution in [3.8, 4) is 0 Å². The van der Waals surface area contributed by atoms with Crippen LogP contribution in [0.3, 0.4) is 0 Å². The van der Waals surface area contributed by atoms with Crippen molar-refractivity contribution in [2.24, 2.45) is 0 Å². The molecular formula is C20H32N4O3. The van der Waals surface area contributed by atoms with Crippen LogP contribution in [0.5, 0.6) is 0 Å². The van der Waals surface area contributed by atoms with E-state index in [2.05, 4.69) is 10.2 Å². The van der Waals surface area contributed by atoms with Gasteiger partial charge in [0.25, 0.3) is 5.91 Å². The van der Waals surface area contributed by atoms with Crippen molar-refractivity contribution < 1.29 is 14.3 Å². The molecule has 1 atom stereocenters. The molecule has 2 amide bonds. The highest BCUT2D eigenvalue weighted by Crippen LogP contribution is 2.30. The Bertz CT molecular complexity index is 627. The molecule has 1 aromatic heterocycles. The Morgan fingerprint density at radius 3 is 2.59 bits per heavy atom. The van der Waals surface area contributed by atoms with Crippen molar-refractivity contribution in [2.45, 2.75) is 64.4 Å². The number of hydrogen-bond acceptors (Lipinski definition) is 4. The van der Waals surface area contributed by atoms with E-state index < -0.39 is 0 Å². The van der Waals surface area contributed by atoms with Crippen LogP contribution in [0.1, 0.15) is 74.3 Å². The minimum absolute atomic E-state index is 0.0386. The van der Waals surface area contributed by atoms with Crippen molar-refractivity contribution in [1.29, 1.82) is 0 Å². The van der Waals surface area contributed by atoms with E-state index >= 15 is 0 Å². The predicted molar refractivity (Wildman–Crippen MR) is 103 cm³/mol. The number of aromatic amines is 1. The van der Waals surface area contributed by atoms with Crippen LogP contribution in [-0.4, -0.2) is 70.7 Å². The summed E-state index contributed by atoms with van der Waals surface area (Å²) in [5.74, 6) is 0.484. The number of hydrogen-bond donors (Lipinski definition) is 1. The zero-order chi connectivity index (χ0) is 19.2. The molecule has 2 aliphatic rings. The van der Waals surface area contributed by atoms with Gasteiger partial charge in [0.2, 0.25) is 5.91 Å². The number of piperidine rings is 1. The molecule has 7 nitrogen and oxygen atoms in total. The van der Waals surface area contributed by atoms with Gasteiger partial charge >= 0.3 is 0 Å². The number of nitrogens with one attached hydrogen (secondary N) is 1. The van der Waals surface area contributed by atoms with Crippen LogP contribution in [0.2, 0.25) is 0 Å². The molecule has 0 saturated carbocycles. The largest absolute Gasteiger partial charge is 0.378 e. The lowest BCUT2D eigenvalue weighted by Gasteiger charge is -2.33. The number of carbonyl (C=O) groups excluding carboxylic acids is 2. The molecule has 0 bridgehead atoms. The number of likely N-dealkylation sites (tertiary alicyclic amines) is 1. The minimum atomic E-state index is 0.0386. The van der Waals surface area contributed by atoms with Crippen molar-refractivity contribution >= 4 is 11.8 Å². The highest BCUT2D eigenvalue weighted by atomic mass is 16.5. The number of rotatable bonds is 6. The van der Waals surface area contributed by atoms with E-state index in [0.717, 1.165) is 57.5 Å². The predicted octanol–water partition coefficient (Wildman–Crippen LogP) is 2.56. The Balaban J connectivity index is 1.56. The number of amides is 2. The molecule has 3 heterocycles. The van der Waals surface area contributed by atoms with Gasteiger partial charge in [-0.05, 0) is 46.0 Å². The van der Waals surface area contributed by atoms with Gasteiger partial charge in [0.1, 0.15) is 0 Å². The van der Waals surface area contributed by atoms with Gasteiger partial charge in [0, 0.05) is 38.7 Å². The van der Waals surface area contributed by atoms with E-state index in [9.17, 15) is 9.59 Å². The van der Waals surface area contributed by atoms with E-state index in [1.165, 1.54) is 0 Å². The standard InChI is InChI=1S/C20H32N4O3/c1-3-23(4-2)20(26)17-14-21-22-19(17)15-8-10-24(11-9-15)18(25)13-16-7-5-6-12-27-16/h14-16H,3-13H2,1-2H3,(H,21,22). The fourth-order valence-corrected chi connectivity index (χ4v) is 4.17. The van der Waals surface area contributed by atoms with Crippen molar-refractivity contribution in [2.75, 3.05) is 32.8 Å². The average Bonchev–Trinajstić information content (AvgIpc) is 3.19. The van der Waals surface area contributed by atoms with Crippen LogP contribution in [0.25, 0.3) is 0 Å². The molecule has 0 aromatic carbocycles. The van der Waals surface area contributed by atoms with Gasteiger partial charge in [-0.15, -0.1) is 0 Å². The summed E-state index contributed by atoms with van der Waals surface area (Å²) < 4.78 is 5.70. The molecule has 27 heavy (non-hydrogen) atoms. The van der Waals surface area contributed by atoms with Crippen LogP contribution in [0.15, 0.2) is 6.20 Å². The van der Waals surface area contributed by atoms with Crippen LogP contribution in [-0.2, 0) is 9.53 Å². The third-order valence-electron chi connectivity index (χ3n) is 5.88. The highest BCUT2D eigenvalue weighted by Gasteiger charge is 2.30. The molecule has 7 heteroatoms. The van der Waals surface area contributed by atoms with Gasteiger partial charge in [0.15, 0.2) is 0 Å². The summed E-state index contributed by atoms with van der Waals surface area (Å²) >= 11 is 0. The van der Waals surface area contributed by atoms with E-state index in [-0.39, 0.29) is 23.8 Å². The lowest BCUT2D eigenvalue weighted by atomic mass is 9.90. The molecule has 2 saturated heterocycles. The molecule has 0 aliphatic carbocycles. The first kappa shape index (κ1) is 19.9. The molecule has 3 rings (SSSR count). The molecule has 2 fully saturated rings. The number of ether oxygens (including phenoxy) is 1. The monoisotopic (exact) mass is 376 g/mol. The first-order valence-corrected chi connectivity index (χ1v) is 10.4. The maximum atomic E-state index is 12.7. The third-order valence-corrected chi connectivity index (χ3v) is 5.88. The van der Waals surface area contributed by atoms with Crippen molar-refractivity contribution in [1.82, 2.24) is 20.0 Å². The van der Waals surface area contributed by atoms with E-state index in [1.807, 2.05) is 23.6 Å². The number of carbonyl (C=O) groups is 2. The van der Waals surface area contributed by atoms with Gasteiger partial charge in [-0.25, -0.2) is 0 Å². The minimum Gasteiger partial charge on any atom is -0.378 e. The summed E-state index contributed by atoms with van der Waals surface area (Å²) in [7, 11) is 0. The topological polar surface area (TPSA) is 78.5 Å². The summed E-state index contributed by atoms with van der Waals surface area (Å²) in [5.41, 5.74) is 1.61. The van der Waals surface area contributed by atoms with Gasteiger partial charge in [-0.1, -0.05) is 0 Å². The smallest absolute Gasteiger partial charge is 0.257 e. The second-order valence-corrected chi connectivity index (χ2v) is 7.52. The van der Waals surface area contributed by atoms with Gasteiger partial charge < -0.3 is 14.5 Å². The molecule has 0 radical (unpaired) electrons. The van der Waals surface area contributed by atoms with Crippen LogP contribution < -0.4 is 0 Å². The second kappa shape index (κ2) is 9.35. The lowest BCUT2D eigenvalue weighted by Crippen LogP contribution is -2.40. The summed E-state index contributed by atoms with van der Waals surface area (Å²) in [6, 6.07) is 0. The summed E-state index contributed by atoms with van der Waals surface area (Å²) in [4.78, 5) is 29.1. The molecule has 150 valence electrons. The number of nitrogens with zero attached hydrogens (tertiary/aromatic N) is 3.